The van der Waals surface area contributed by atoms with Gasteiger partial charge < -0.3 is 0 Å². The first-order valence-corrected chi connectivity index (χ1v) is 14.8. The van der Waals surface area contributed by atoms with Crippen molar-refractivity contribution in [2.24, 2.45) is 10.2 Å². The molecule has 0 fully saturated rings. The molecule has 1 atom stereocenters. The predicted octanol–water partition coefficient (Wildman–Crippen LogP) is 8.21. The van der Waals surface area contributed by atoms with Crippen LogP contribution in [-0.2, 0) is 4.99 Å². The van der Waals surface area contributed by atoms with E-state index in [2.05, 4.69) is 61.3 Å². The van der Waals surface area contributed by atoms with Crippen molar-refractivity contribution >= 4 is 39.6 Å². The van der Waals surface area contributed by atoms with Gasteiger partial charge >= 0.3 is 0 Å². The number of fused-ring (bicyclic) bond motifs is 2. The van der Waals surface area contributed by atoms with Crippen LogP contribution in [0.15, 0.2) is 138 Å². The van der Waals surface area contributed by atoms with Crippen LogP contribution in [0.1, 0.15) is 33.4 Å². The normalized spacial score (nSPS) is 17.4. The van der Waals surface area contributed by atoms with Gasteiger partial charge in [0, 0.05) is 34.4 Å². The highest BCUT2D eigenvalue weighted by molar-refractivity contribution is 8.15. The van der Waals surface area contributed by atoms with Crippen LogP contribution in [0.3, 0.4) is 0 Å². The Labute approximate surface area is 253 Å². The lowest BCUT2D eigenvalue weighted by molar-refractivity contribution is -0.384. The van der Waals surface area contributed by atoms with Crippen molar-refractivity contribution in [3.05, 3.63) is 171 Å². The summed E-state index contributed by atoms with van der Waals surface area (Å²) >= 11 is 1.61. The van der Waals surface area contributed by atoms with Crippen molar-refractivity contribution in [3.63, 3.8) is 0 Å². The van der Waals surface area contributed by atoms with Crippen LogP contribution in [0.4, 0.5) is 17.1 Å². The number of para-hydroxylation sites is 1. The van der Waals surface area contributed by atoms with Crippen molar-refractivity contribution in [2.75, 3.05) is 10.0 Å². The molecule has 2 heterocycles. The minimum Gasteiger partial charge on any atom is -0.258 e. The standard InChI is InChI=1S/C35H27N5O2S/c1-24-17-18-25(2)31(23-24)33-30-15-9-10-16-32(30)35(38(36-33)27-13-7-4-8-14-27)39(28-19-21-29(22-20-28)40(41)42)37-34(43-35)26-11-5-3-6-12-26/h3-23H,1-2H3/t35-/m1/s1. The van der Waals surface area contributed by atoms with Gasteiger partial charge in [0.2, 0.25) is 4.99 Å². The van der Waals surface area contributed by atoms with Gasteiger partial charge in [0.15, 0.2) is 0 Å². The maximum absolute atomic E-state index is 11.5. The van der Waals surface area contributed by atoms with Gasteiger partial charge in [-0.05, 0) is 61.5 Å². The summed E-state index contributed by atoms with van der Waals surface area (Å²) in [6.07, 6.45) is 0. The number of anilines is 2. The Morgan fingerprint density at radius 2 is 1.33 bits per heavy atom. The second-order valence-corrected chi connectivity index (χ2v) is 11.7. The van der Waals surface area contributed by atoms with Crippen LogP contribution in [0.2, 0.25) is 0 Å². The van der Waals surface area contributed by atoms with Gasteiger partial charge in [-0.1, -0.05) is 90.5 Å². The zero-order chi connectivity index (χ0) is 29.6. The van der Waals surface area contributed by atoms with Crippen LogP contribution < -0.4 is 10.0 Å². The number of thioether (sulfide) groups is 1. The smallest absolute Gasteiger partial charge is 0.258 e. The number of nitrogens with zero attached hydrogens (tertiary/aromatic N) is 5. The third kappa shape index (κ3) is 4.47. The van der Waals surface area contributed by atoms with Gasteiger partial charge in [0.25, 0.3) is 5.69 Å². The first-order chi connectivity index (χ1) is 21.0. The molecular formula is C35H27N5O2S. The second-order valence-electron chi connectivity index (χ2n) is 10.5. The highest BCUT2D eigenvalue weighted by Gasteiger charge is 2.55. The lowest BCUT2D eigenvalue weighted by Gasteiger charge is -2.47. The molecule has 0 amide bonds. The lowest BCUT2D eigenvalue weighted by Crippen LogP contribution is -2.54. The number of aryl methyl sites for hydroxylation is 2. The van der Waals surface area contributed by atoms with E-state index in [0.717, 1.165) is 49.8 Å². The van der Waals surface area contributed by atoms with Crippen molar-refractivity contribution in [2.45, 2.75) is 18.8 Å². The monoisotopic (exact) mass is 581 g/mol. The number of hydrogen-bond acceptors (Lipinski definition) is 7. The van der Waals surface area contributed by atoms with Gasteiger partial charge in [-0.2, -0.15) is 10.2 Å². The second kappa shape index (κ2) is 10.6. The van der Waals surface area contributed by atoms with Gasteiger partial charge in [0.1, 0.15) is 5.04 Å². The quantitative estimate of drug-likeness (QED) is 0.154. The SMILES string of the molecule is Cc1ccc(C)c(C2=NN(c3ccccc3)[C@]3(SC(c4ccccc4)=NN3c3ccc([N+](=O)[O-])cc3)c3ccccc32)c1. The van der Waals surface area contributed by atoms with Gasteiger partial charge in [-0.25, -0.2) is 10.0 Å². The summed E-state index contributed by atoms with van der Waals surface area (Å²) in [4.78, 5) is 10.2. The largest absolute Gasteiger partial charge is 0.269 e. The van der Waals surface area contributed by atoms with E-state index in [-0.39, 0.29) is 10.6 Å². The first-order valence-electron chi connectivity index (χ1n) is 13.9. The number of nitro groups is 1. The molecule has 5 aromatic rings. The molecule has 8 heteroatoms. The fourth-order valence-electron chi connectivity index (χ4n) is 5.61. The molecule has 0 aliphatic carbocycles. The van der Waals surface area contributed by atoms with Crippen LogP contribution in [-0.4, -0.2) is 15.7 Å². The maximum Gasteiger partial charge on any atom is 0.269 e. The van der Waals surface area contributed by atoms with Gasteiger partial charge in [-0.15, -0.1) is 0 Å². The van der Waals surface area contributed by atoms with Crippen LogP contribution in [0.5, 0.6) is 0 Å². The molecule has 0 N–H and O–H groups in total. The maximum atomic E-state index is 11.5. The molecular weight excluding hydrogens is 554 g/mol. The summed E-state index contributed by atoms with van der Waals surface area (Å²) in [7, 11) is 0. The average Bonchev–Trinajstić information content (AvgIpc) is 3.44. The van der Waals surface area contributed by atoms with E-state index in [1.165, 1.54) is 12.1 Å². The summed E-state index contributed by atoms with van der Waals surface area (Å²) in [6, 6.07) is 41.5. The molecule has 2 aliphatic rings. The number of hydrazone groups is 2. The third-order valence-electron chi connectivity index (χ3n) is 7.71. The number of hydrogen-bond donors (Lipinski definition) is 0. The molecule has 0 radical (unpaired) electrons. The molecule has 1 spiro atoms. The third-order valence-corrected chi connectivity index (χ3v) is 9.07. The highest BCUT2D eigenvalue weighted by Crippen LogP contribution is 2.55. The Balaban J connectivity index is 1.52. The van der Waals surface area contributed by atoms with Crippen molar-refractivity contribution < 1.29 is 4.92 Å². The summed E-state index contributed by atoms with van der Waals surface area (Å²) in [5.74, 6) is 0. The van der Waals surface area contributed by atoms with Crippen LogP contribution in [0, 0.1) is 24.0 Å². The first kappa shape index (κ1) is 26.7. The van der Waals surface area contributed by atoms with E-state index in [1.807, 2.05) is 65.7 Å². The summed E-state index contributed by atoms with van der Waals surface area (Å²) in [5.41, 5.74) is 8.87. The molecule has 0 saturated carbocycles. The van der Waals surface area contributed by atoms with Crippen molar-refractivity contribution in [1.82, 2.24) is 0 Å². The number of non-ortho nitro benzene ring substituents is 1. The molecule has 2 aliphatic heterocycles. The Bertz CT molecular complexity index is 1910. The number of nitro benzene ring substituents is 1. The fraction of sp³-hybridized carbons (Fsp3) is 0.0857. The Hall–Kier alpha value is -5.21. The Kier molecular flexibility index (Phi) is 6.55. The van der Waals surface area contributed by atoms with Crippen molar-refractivity contribution in [3.8, 4) is 0 Å². The lowest BCUT2D eigenvalue weighted by atomic mass is 9.90. The van der Waals surface area contributed by atoms with E-state index >= 15 is 0 Å². The van der Waals surface area contributed by atoms with Crippen molar-refractivity contribution in [1.29, 1.82) is 0 Å². The highest BCUT2D eigenvalue weighted by atomic mass is 32.2. The molecule has 0 saturated heterocycles. The summed E-state index contributed by atoms with van der Waals surface area (Å²) in [6.45, 7) is 4.21. The number of benzene rings is 5. The molecule has 5 aromatic carbocycles. The molecule has 210 valence electrons. The Morgan fingerprint density at radius 1 is 0.698 bits per heavy atom. The van der Waals surface area contributed by atoms with E-state index in [0.29, 0.717) is 5.69 Å². The summed E-state index contributed by atoms with van der Waals surface area (Å²) in [5, 5.41) is 27.0. The average molecular weight is 582 g/mol. The van der Waals surface area contributed by atoms with Gasteiger partial charge in [-0.3, -0.25) is 10.1 Å². The zero-order valence-electron chi connectivity index (χ0n) is 23.6. The van der Waals surface area contributed by atoms with E-state index in [1.54, 1.807) is 23.9 Å². The van der Waals surface area contributed by atoms with Gasteiger partial charge in [0.05, 0.1) is 22.0 Å². The summed E-state index contributed by atoms with van der Waals surface area (Å²) < 4.78 is 0. The fourth-order valence-corrected chi connectivity index (χ4v) is 7.01. The van der Waals surface area contributed by atoms with E-state index < -0.39 is 4.99 Å². The molecule has 0 unspecified atom stereocenters. The van der Waals surface area contributed by atoms with Crippen LogP contribution in [0.25, 0.3) is 0 Å². The molecule has 7 rings (SSSR count). The molecule has 43 heavy (non-hydrogen) atoms. The molecule has 0 bridgehead atoms. The van der Waals surface area contributed by atoms with E-state index in [4.69, 9.17) is 10.2 Å². The molecule has 0 aromatic heterocycles. The Morgan fingerprint density at radius 3 is 2.05 bits per heavy atom. The zero-order valence-corrected chi connectivity index (χ0v) is 24.4. The van der Waals surface area contributed by atoms with E-state index in [9.17, 15) is 10.1 Å². The topological polar surface area (TPSA) is 74.3 Å². The predicted molar refractivity (Wildman–Crippen MR) is 175 cm³/mol. The number of rotatable bonds is 5. The minimum absolute atomic E-state index is 0.0242. The van der Waals surface area contributed by atoms with Crippen LogP contribution >= 0.6 is 11.8 Å². The minimum atomic E-state index is -0.972. The molecule has 7 nitrogen and oxygen atoms in total.